The topological polar surface area (TPSA) is 12.0 Å². The number of halogens is 2. The van der Waals surface area contributed by atoms with Crippen molar-refractivity contribution in [1.82, 2.24) is 0 Å². The zero-order chi connectivity index (χ0) is 13.0. The molecule has 0 amide bonds. The minimum Gasteiger partial charge on any atom is -0.354 e. The first-order chi connectivity index (χ1) is 7.91. The molecule has 0 atom stereocenters. The molecule has 1 nitrogen and oxygen atoms in total. The Hall–Kier alpha value is -1.58. The van der Waals surface area contributed by atoms with Gasteiger partial charge in [-0.3, -0.25) is 0 Å². The zero-order valence-corrected chi connectivity index (χ0v) is 10.3. The molecule has 0 aliphatic carbocycles. The van der Waals surface area contributed by atoms with Crippen molar-refractivity contribution in [3.8, 4) is 0 Å². The predicted molar refractivity (Wildman–Crippen MR) is 71.3 cm³/mol. The molecule has 0 radical (unpaired) electrons. The van der Waals surface area contributed by atoms with Crippen molar-refractivity contribution in [1.29, 1.82) is 0 Å². The molecule has 1 N–H and O–H groups in total. The second-order valence-corrected chi connectivity index (χ2v) is 4.31. The summed E-state index contributed by atoms with van der Waals surface area (Å²) < 4.78 is 26.8. The second kappa shape index (κ2) is 5.66. The molecule has 4 heteroatoms. The lowest BCUT2D eigenvalue weighted by Gasteiger charge is -2.09. The first kappa shape index (κ1) is 13.5. The van der Waals surface area contributed by atoms with Gasteiger partial charge < -0.3 is 5.32 Å². The lowest BCUT2D eigenvalue weighted by atomic mass is 9.95. The normalized spacial score (nSPS) is 11.1. The van der Waals surface area contributed by atoms with Gasteiger partial charge in [0.15, 0.2) is 11.6 Å². The van der Waals surface area contributed by atoms with Gasteiger partial charge in [0, 0.05) is 5.70 Å². The Balaban J connectivity index is 2.83. The van der Waals surface area contributed by atoms with Gasteiger partial charge in [-0.25, -0.2) is 8.78 Å². The highest BCUT2D eigenvalue weighted by Crippen LogP contribution is 2.17. The fraction of sp³-hybridized carbons (Fsp3) is 0.231. The highest BCUT2D eigenvalue weighted by molar-refractivity contribution is 6.32. The molecule has 1 aromatic carbocycles. The second-order valence-electron chi connectivity index (χ2n) is 4.31. The van der Waals surface area contributed by atoms with Crippen molar-refractivity contribution in [3.63, 3.8) is 0 Å². The summed E-state index contributed by atoms with van der Waals surface area (Å²) in [6.07, 6.45) is 3.68. The van der Waals surface area contributed by atoms with Gasteiger partial charge in [0.1, 0.15) is 7.85 Å². The van der Waals surface area contributed by atoms with Crippen LogP contribution in [0.5, 0.6) is 0 Å². The summed E-state index contributed by atoms with van der Waals surface area (Å²) in [5.74, 6) is -1.31. The van der Waals surface area contributed by atoms with Crippen LogP contribution in [-0.4, -0.2) is 7.85 Å². The SMILES string of the molecule is Bc1ccc(NC(=C)/C=C/C(C)C)c(F)c1F. The molecule has 0 aliphatic heterocycles. The van der Waals surface area contributed by atoms with Crippen LogP contribution in [0.15, 0.2) is 36.6 Å². The zero-order valence-electron chi connectivity index (χ0n) is 10.3. The van der Waals surface area contributed by atoms with Crippen molar-refractivity contribution in [2.45, 2.75) is 13.8 Å². The summed E-state index contributed by atoms with van der Waals surface area (Å²) in [7, 11) is 1.52. The summed E-state index contributed by atoms with van der Waals surface area (Å²) in [4.78, 5) is 0. The molecule has 0 bridgehead atoms. The van der Waals surface area contributed by atoms with Crippen LogP contribution >= 0.6 is 0 Å². The van der Waals surface area contributed by atoms with E-state index in [1.807, 2.05) is 19.9 Å². The van der Waals surface area contributed by atoms with Crippen molar-refractivity contribution >= 4 is 19.0 Å². The third-order valence-corrected chi connectivity index (χ3v) is 2.25. The van der Waals surface area contributed by atoms with Crippen LogP contribution in [0.2, 0.25) is 0 Å². The fourth-order valence-corrected chi connectivity index (χ4v) is 1.27. The number of anilines is 1. The third-order valence-electron chi connectivity index (χ3n) is 2.25. The van der Waals surface area contributed by atoms with E-state index in [1.165, 1.54) is 20.0 Å². The van der Waals surface area contributed by atoms with Crippen molar-refractivity contribution < 1.29 is 8.78 Å². The van der Waals surface area contributed by atoms with Gasteiger partial charge in [-0.1, -0.05) is 38.0 Å². The van der Waals surface area contributed by atoms with E-state index in [-0.39, 0.29) is 11.2 Å². The van der Waals surface area contributed by atoms with Gasteiger partial charge in [-0.2, -0.15) is 0 Å². The van der Waals surface area contributed by atoms with E-state index in [4.69, 9.17) is 0 Å². The van der Waals surface area contributed by atoms with Crippen molar-refractivity contribution in [3.05, 3.63) is 48.2 Å². The van der Waals surface area contributed by atoms with Gasteiger partial charge in [-0.05, 0) is 18.1 Å². The fourth-order valence-electron chi connectivity index (χ4n) is 1.27. The molecule has 90 valence electrons. The smallest absolute Gasteiger partial charge is 0.181 e. The first-order valence-electron chi connectivity index (χ1n) is 5.50. The van der Waals surface area contributed by atoms with Crippen LogP contribution in [0.1, 0.15) is 13.8 Å². The van der Waals surface area contributed by atoms with Gasteiger partial charge >= 0.3 is 0 Å². The average Bonchev–Trinajstić information content (AvgIpc) is 2.27. The Morgan fingerprint density at radius 1 is 1.35 bits per heavy atom. The minimum atomic E-state index is -0.871. The van der Waals surface area contributed by atoms with Crippen molar-refractivity contribution in [2.24, 2.45) is 5.92 Å². The maximum atomic E-state index is 13.5. The first-order valence-corrected chi connectivity index (χ1v) is 5.50. The minimum absolute atomic E-state index is 0.103. The van der Waals surface area contributed by atoms with Gasteiger partial charge in [0.2, 0.25) is 0 Å². The maximum absolute atomic E-state index is 13.5. The summed E-state index contributed by atoms with van der Waals surface area (Å²) in [6.45, 7) is 7.78. The summed E-state index contributed by atoms with van der Waals surface area (Å²) in [5.41, 5.74) is 0.920. The molecule has 0 aromatic heterocycles. The lowest BCUT2D eigenvalue weighted by Crippen LogP contribution is -2.12. The summed E-state index contributed by atoms with van der Waals surface area (Å²) >= 11 is 0. The van der Waals surface area contributed by atoms with E-state index in [0.717, 1.165) is 0 Å². The number of nitrogens with one attached hydrogen (secondary N) is 1. The standard InChI is InChI=1S/C13H16BF2N/c1-8(2)4-5-9(3)17-11-7-6-10(14)12(15)13(11)16/h4-8,17H,3,14H2,1-2H3/b5-4+. The Kier molecular flexibility index (Phi) is 4.49. The largest absolute Gasteiger partial charge is 0.354 e. The van der Waals surface area contributed by atoms with Crippen LogP contribution in [-0.2, 0) is 0 Å². The molecule has 1 rings (SSSR count). The van der Waals surface area contributed by atoms with E-state index in [0.29, 0.717) is 11.6 Å². The summed E-state index contributed by atoms with van der Waals surface area (Å²) in [5, 5.41) is 2.74. The molecule has 0 heterocycles. The molecule has 17 heavy (non-hydrogen) atoms. The van der Waals surface area contributed by atoms with Crippen LogP contribution in [0.25, 0.3) is 0 Å². The van der Waals surface area contributed by atoms with Crippen LogP contribution in [0.3, 0.4) is 0 Å². The van der Waals surface area contributed by atoms with Crippen LogP contribution < -0.4 is 10.8 Å². The van der Waals surface area contributed by atoms with Crippen LogP contribution in [0.4, 0.5) is 14.5 Å². The highest BCUT2D eigenvalue weighted by atomic mass is 19.2. The number of rotatable bonds is 4. The summed E-state index contributed by atoms with van der Waals surface area (Å²) in [6, 6.07) is 3.03. The molecular weight excluding hydrogens is 219 g/mol. The number of hydrogen-bond donors (Lipinski definition) is 1. The Morgan fingerprint density at radius 3 is 2.59 bits per heavy atom. The van der Waals surface area contributed by atoms with E-state index >= 15 is 0 Å². The predicted octanol–water partition coefficient (Wildman–Crippen LogP) is 2.36. The molecule has 0 unspecified atom stereocenters. The lowest BCUT2D eigenvalue weighted by molar-refractivity contribution is 0.517. The monoisotopic (exact) mass is 235 g/mol. The van der Waals surface area contributed by atoms with Gasteiger partial charge in [0.05, 0.1) is 5.69 Å². The van der Waals surface area contributed by atoms with Gasteiger partial charge in [-0.15, -0.1) is 0 Å². The Morgan fingerprint density at radius 2 is 2.00 bits per heavy atom. The maximum Gasteiger partial charge on any atom is 0.181 e. The molecule has 0 saturated heterocycles. The Labute approximate surface area is 102 Å². The number of allylic oxidation sites excluding steroid dienone is 2. The molecule has 1 aromatic rings. The molecule has 0 fully saturated rings. The number of hydrogen-bond acceptors (Lipinski definition) is 1. The number of benzene rings is 1. The van der Waals surface area contributed by atoms with Crippen molar-refractivity contribution in [2.75, 3.05) is 5.32 Å². The van der Waals surface area contributed by atoms with Gasteiger partial charge in [0.25, 0.3) is 0 Å². The van der Waals surface area contributed by atoms with E-state index < -0.39 is 11.6 Å². The average molecular weight is 235 g/mol. The molecule has 0 aliphatic rings. The van der Waals surface area contributed by atoms with Crippen LogP contribution in [0, 0.1) is 17.6 Å². The van der Waals surface area contributed by atoms with E-state index in [2.05, 4.69) is 11.9 Å². The highest BCUT2D eigenvalue weighted by Gasteiger charge is 2.10. The molecule has 0 saturated carbocycles. The molecule has 0 spiro atoms. The third kappa shape index (κ3) is 3.73. The van der Waals surface area contributed by atoms with E-state index in [9.17, 15) is 8.78 Å². The Bertz CT molecular complexity index is 453. The quantitative estimate of drug-likeness (QED) is 0.624. The molecular formula is C13H16BF2N. The van der Waals surface area contributed by atoms with E-state index in [1.54, 1.807) is 6.08 Å².